The lowest BCUT2D eigenvalue weighted by Crippen LogP contribution is -1.98. The molecule has 9 aromatic rings. The number of imidazole rings is 1. The van der Waals surface area contributed by atoms with E-state index < -0.39 is 84.1 Å². The highest BCUT2D eigenvalue weighted by molar-refractivity contribution is 6.21. The summed E-state index contributed by atoms with van der Waals surface area (Å²) in [4.78, 5) is 5.00. The molecule has 0 aliphatic heterocycles. The Morgan fingerprint density at radius 3 is 1.71 bits per heavy atom. The van der Waals surface area contributed by atoms with Crippen LogP contribution in [0.5, 0.6) is 0 Å². The first-order valence-corrected chi connectivity index (χ1v) is 14.3. The molecule has 1 heterocycles. The third-order valence-corrected chi connectivity index (χ3v) is 8.11. The summed E-state index contributed by atoms with van der Waals surface area (Å²) in [6, 6.07) is 20.5. The second-order valence-electron chi connectivity index (χ2n) is 10.6. The molecule has 0 amide bonds. The molecule has 0 N–H and O–H groups in total. The van der Waals surface area contributed by atoms with Gasteiger partial charge in [-0.2, -0.15) is 0 Å². The van der Waals surface area contributed by atoms with Gasteiger partial charge in [-0.05, 0) is 78.8 Å². The van der Waals surface area contributed by atoms with Gasteiger partial charge in [0.15, 0.2) is 0 Å². The average molecular weight is 586 g/mol. The number of nitrogens with zero attached hydrogens (tertiary/aromatic N) is 2. The van der Waals surface area contributed by atoms with Crippen LogP contribution in [0.2, 0.25) is 0 Å². The summed E-state index contributed by atoms with van der Waals surface area (Å²) in [6.45, 7) is 0. The van der Waals surface area contributed by atoms with Crippen molar-refractivity contribution < 1.29 is 17.8 Å². The number of para-hydroxylation sites is 2. The van der Waals surface area contributed by atoms with Crippen LogP contribution in [0.4, 0.5) is 0 Å². The van der Waals surface area contributed by atoms with Crippen molar-refractivity contribution in [1.29, 1.82) is 0 Å². The van der Waals surface area contributed by atoms with Crippen molar-refractivity contribution >= 4 is 43.4 Å². The van der Waals surface area contributed by atoms with Crippen LogP contribution >= 0.6 is 0 Å². The number of benzene rings is 8. The third-order valence-electron chi connectivity index (χ3n) is 8.11. The van der Waals surface area contributed by atoms with Gasteiger partial charge in [0.25, 0.3) is 0 Å². The summed E-state index contributed by atoms with van der Waals surface area (Å²) >= 11 is 0. The highest BCUT2D eigenvalue weighted by Crippen LogP contribution is 2.44. The first-order valence-electron chi connectivity index (χ1n) is 20.8. The fraction of sp³-hybridized carbons (Fsp3) is 0. The molecule has 0 aliphatic rings. The van der Waals surface area contributed by atoms with Gasteiger partial charge in [-0.15, -0.1) is 0 Å². The van der Waals surface area contributed by atoms with Gasteiger partial charge in [-0.25, -0.2) is 4.98 Å². The van der Waals surface area contributed by atoms with Crippen LogP contribution < -0.4 is 0 Å². The first-order chi connectivity index (χ1) is 27.7. The molecule has 2 heteroatoms. The maximum absolute atomic E-state index is 9.22. The van der Waals surface area contributed by atoms with E-state index in [1.165, 1.54) is 0 Å². The maximum Gasteiger partial charge on any atom is 0.145 e. The molecular formula is C43H28N2. The normalized spacial score (nSPS) is 15.6. The summed E-state index contributed by atoms with van der Waals surface area (Å²) in [5.74, 6) is 0.609. The van der Waals surface area contributed by atoms with Crippen molar-refractivity contribution in [2.75, 3.05) is 0 Å². The Morgan fingerprint density at radius 2 is 1.02 bits per heavy atom. The molecule has 0 spiro atoms. The Hall–Kier alpha value is -5.99. The molecule has 0 atom stereocenters. The summed E-state index contributed by atoms with van der Waals surface area (Å²) in [6.07, 6.45) is 0. The van der Waals surface area contributed by atoms with E-state index in [2.05, 4.69) is 6.07 Å². The maximum atomic E-state index is 9.22. The van der Waals surface area contributed by atoms with Gasteiger partial charge in [-0.1, -0.05) is 145 Å². The van der Waals surface area contributed by atoms with Gasteiger partial charge in [0.2, 0.25) is 0 Å². The Morgan fingerprint density at radius 1 is 0.467 bits per heavy atom. The lowest BCUT2D eigenvalue weighted by molar-refractivity contribution is 1.11. The van der Waals surface area contributed by atoms with Gasteiger partial charge in [0, 0.05) is 11.3 Å². The van der Waals surface area contributed by atoms with E-state index in [9.17, 15) is 2.74 Å². The first kappa shape index (κ1) is 15.7. The van der Waals surface area contributed by atoms with Crippen molar-refractivity contribution in [2.24, 2.45) is 0 Å². The summed E-state index contributed by atoms with van der Waals surface area (Å²) in [5.41, 5.74) is 2.81. The molecule has 8 aromatic carbocycles. The average Bonchev–Trinajstić information content (AvgIpc) is 3.63. The number of rotatable bonds is 4. The zero-order chi connectivity index (χ0) is 41.1. The molecule has 0 unspecified atom stereocenters. The summed E-state index contributed by atoms with van der Waals surface area (Å²) < 4.78 is 116. The van der Waals surface area contributed by atoms with Gasteiger partial charge in [-0.3, -0.25) is 4.57 Å². The van der Waals surface area contributed by atoms with Crippen LogP contribution in [0, 0.1) is 0 Å². The molecule has 210 valence electrons. The van der Waals surface area contributed by atoms with Gasteiger partial charge >= 0.3 is 0 Å². The van der Waals surface area contributed by atoms with Gasteiger partial charge in [0.05, 0.1) is 28.9 Å². The molecule has 0 saturated carbocycles. The fourth-order valence-electron chi connectivity index (χ4n) is 6.12. The van der Waals surface area contributed by atoms with Crippen molar-refractivity contribution in [2.45, 2.75) is 0 Å². The van der Waals surface area contributed by atoms with Crippen LogP contribution in [0.3, 0.4) is 0 Å². The number of hydrogen-bond donors (Lipinski definition) is 0. The molecule has 1 aromatic heterocycles. The van der Waals surface area contributed by atoms with E-state index in [4.69, 9.17) is 20.1 Å². The van der Waals surface area contributed by atoms with Crippen LogP contribution in [0.1, 0.15) is 17.8 Å². The fourth-order valence-corrected chi connectivity index (χ4v) is 6.12. The minimum absolute atomic E-state index is 0.0645. The monoisotopic (exact) mass is 585 g/mol. The predicted molar refractivity (Wildman–Crippen MR) is 190 cm³/mol. The van der Waals surface area contributed by atoms with E-state index in [1.807, 2.05) is 65.2 Å². The Kier molecular flexibility index (Phi) is 3.59. The molecule has 0 saturated heterocycles. The smallest absolute Gasteiger partial charge is 0.145 e. The highest BCUT2D eigenvalue weighted by atomic mass is 15.1. The molecule has 0 bridgehead atoms. The van der Waals surface area contributed by atoms with E-state index in [0.29, 0.717) is 17.0 Å². The van der Waals surface area contributed by atoms with E-state index >= 15 is 0 Å². The lowest BCUT2D eigenvalue weighted by atomic mass is 9.86. The Bertz CT molecular complexity index is 3160. The van der Waals surface area contributed by atoms with E-state index in [-0.39, 0.29) is 32.7 Å². The van der Waals surface area contributed by atoms with Crippen LogP contribution in [-0.4, -0.2) is 9.55 Å². The summed E-state index contributed by atoms with van der Waals surface area (Å²) in [7, 11) is 0. The molecule has 9 rings (SSSR count). The lowest BCUT2D eigenvalue weighted by Gasteiger charge is -2.18. The second-order valence-corrected chi connectivity index (χ2v) is 10.6. The second kappa shape index (κ2) is 10.3. The van der Waals surface area contributed by atoms with Gasteiger partial charge < -0.3 is 0 Å². The van der Waals surface area contributed by atoms with Crippen molar-refractivity contribution in [1.82, 2.24) is 9.55 Å². The number of fused-ring (bicyclic) bond motifs is 4. The zero-order valence-corrected chi connectivity index (χ0v) is 23.6. The largest absolute Gasteiger partial charge is 0.292 e. The molecule has 2 nitrogen and oxygen atoms in total. The molecule has 0 radical (unpaired) electrons. The van der Waals surface area contributed by atoms with E-state index in [1.54, 1.807) is 24.3 Å². The summed E-state index contributed by atoms with van der Waals surface area (Å²) in [5, 5.41) is 1.34. The molecule has 0 aliphatic carbocycles. The van der Waals surface area contributed by atoms with Crippen molar-refractivity contribution in [3.63, 3.8) is 0 Å². The minimum atomic E-state index is -0.714. The highest BCUT2D eigenvalue weighted by Gasteiger charge is 2.18. The molecular weight excluding hydrogens is 544 g/mol. The van der Waals surface area contributed by atoms with Gasteiger partial charge in [0.1, 0.15) is 5.82 Å². The number of aromatic nitrogens is 2. The predicted octanol–water partition coefficient (Wildman–Crippen LogP) is 11.5. The Labute approximate surface area is 279 Å². The van der Waals surface area contributed by atoms with Crippen molar-refractivity contribution in [3.05, 3.63) is 170 Å². The SMILES string of the molecule is [2H]c1c([2H])c([2H])c(-c2c3c([2H])c([2H])c([2H])c([2H])c3c(-c3ccc(-c4nc5ccccc5n4-c4ccc5ccccc5c4)cc3)c3c([2H])c([2H])c([2H])c([2H])c23)c([2H])c1[2H]. The molecule has 45 heavy (non-hydrogen) atoms. The van der Waals surface area contributed by atoms with Crippen LogP contribution in [0.25, 0.3) is 82.7 Å². The quantitative estimate of drug-likeness (QED) is 0.188. The standard InChI is InChI=1S/C43H28N2/c1-2-13-30(14-3-1)41-35-16-6-8-18-37(35)42(38-19-9-7-17-36(38)41)31-22-24-32(25-23-31)43-44-39-20-10-11-21-40(39)45(43)34-27-26-29-12-4-5-15-33(29)28-34/h1-28H/i1D,2D,3D,6D,7D,8D,9D,13D,14D,16D,17D,18D,19D. The third kappa shape index (κ3) is 4.15. The van der Waals surface area contributed by atoms with Crippen LogP contribution in [0.15, 0.2) is 170 Å². The van der Waals surface area contributed by atoms with Crippen LogP contribution in [-0.2, 0) is 0 Å². The zero-order valence-electron chi connectivity index (χ0n) is 36.6. The van der Waals surface area contributed by atoms with Crippen molar-refractivity contribution in [3.8, 4) is 39.3 Å². The Balaban J connectivity index is 1.39. The molecule has 0 fully saturated rings. The number of hydrogen-bond acceptors (Lipinski definition) is 1. The minimum Gasteiger partial charge on any atom is -0.292 e. The topological polar surface area (TPSA) is 17.8 Å². The van der Waals surface area contributed by atoms with E-state index in [0.717, 1.165) is 27.5 Å².